The second kappa shape index (κ2) is 8.32. The van der Waals surface area contributed by atoms with Crippen molar-refractivity contribution in [3.05, 3.63) is 32.6 Å². The van der Waals surface area contributed by atoms with Crippen LogP contribution in [0.1, 0.15) is 38.5 Å². The normalized spacial score (nSPS) is 22.0. The van der Waals surface area contributed by atoms with Crippen LogP contribution in [0.4, 0.5) is 0 Å². The molecule has 0 saturated carbocycles. The average Bonchev–Trinajstić information content (AvgIpc) is 2.91. The molecule has 0 radical (unpaired) electrons. The van der Waals surface area contributed by atoms with Crippen molar-refractivity contribution in [2.24, 2.45) is 0 Å². The second-order valence-electron chi connectivity index (χ2n) is 4.17. The van der Waals surface area contributed by atoms with E-state index in [1.165, 1.54) is 10.8 Å². The summed E-state index contributed by atoms with van der Waals surface area (Å²) in [7, 11) is -0.559. The number of nitrogens with zero attached hydrogens (tertiary/aromatic N) is 1. The molecule has 20 heavy (non-hydrogen) atoms. The van der Waals surface area contributed by atoms with E-state index in [9.17, 15) is 9.59 Å². The van der Waals surface area contributed by atoms with E-state index in [-0.39, 0.29) is 17.9 Å². The molecule has 1 fully saturated rings. The Morgan fingerprint density at radius 1 is 1.50 bits per heavy atom. The molecule has 1 aliphatic heterocycles. The summed E-state index contributed by atoms with van der Waals surface area (Å²) in [5, 5.41) is 0. The van der Waals surface area contributed by atoms with Gasteiger partial charge in [0.1, 0.15) is 6.23 Å². The van der Waals surface area contributed by atoms with Gasteiger partial charge in [0.05, 0.1) is 12.7 Å². The van der Waals surface area contributed by atoms with Crippen molar-refractivity contribution >= 4 is 9.03 Å². The van der Waals surface area contributed by atoms with Crippen LogP contribution in [-0.4, -0.2) is 27.2 Å². The van der Waals surface area contributed by atoms with Gasteiger partial charge in [-0.2, -0.15) is 0 Å². The number of aromatic amines is 1. The fourth-order valence-electron chi connectivity index (χ4n) is 1.94. The highest BCUT2D eigenvalue weighted by Gasteiger charge is 2.27. The molecule has 0 spiro atoms. The molecule has 2 heterocycles. The van der Waals surface area contributed by atoms with Gasteiger partial charge in [0.2, 0.25) is 0 Å². The summed E-state index contributed by atoms with van der Waals surface area (Å²) >= 11 is 0. The van der Waals surface area contributed by atoms with Crippen LogP contribution < -0.4 is 11.2 Å². The molecule has 0 aromatic carbocycles. The van der Waals surface area contributed by atoms with E-state index in [0.29, 0.717) is 18.6 Å². The third-order valence-corrected chi connectivity index (χ3v) is 3.17. The SMILES string of the molecule is CC.Cc1cn([C@H]2CCC(COPO)O2)c(=O)[nH]c1=O. The highest BCUT2D eigenvalue weighted by Crippen LogP contribution is 2.27. The van der Waals surface area contributed by atoms with Crippen molar-refractivity contribution in [3.63, 3.8) is 0 Å². The van der Waals surface area contributed by atoms with Crippen molar-refractivity contribution in [1.82, 2.24) is 9.55 Å². The van der Waals surface area contributed by atoms with E-state index in [2.05, 4.69) is 4.98 Å². The van der Waals surface area contributed by atoms with E-state index in [0.717, 1.165) is 6.42 Å². The van der Waals surface area contributed by atoms with Crippen LogP contribution in [0, 0.1) is 6.92 Å². The molecule has 2 unspecified atom stereocenters. The van der Waals surface area contributed by atoms with Gasteiger partial charge in [0, 0.05) is 11.8 Å². The highest BCUT2D eigenvalue weighted by atomic mass is 31.1. The Kier molecular flexibility index (Phi) is 7.09. The number of hydrogen-bond acceptors (Lipinski definition) is 5. The van der Waals surface area contributed by atoms with Gasteiger partial charge in [-0.15, -0.1) is 0 Å². The lowest BCUT2D eigenvalue weighted by Gasteiger charge is -2.15. The van der Waals surface area contributed by atoms with Crippen LogP contribution in [0.3, 0.4) is 0 Å². The highest BCUT2D eigenvalue weighted by molar-refractivity contribution is 7.24. The maximum atomic E-state index is 11.7. The molecular formula is C12H21N2O5P. The quantitative estimate of drug-likeness (QED) is 0.811. The van der Waals surface area contributed by atoms with Crippen molar-refractivity contribution < 1.29 is 14.2 Å². The van der Waals surface area contributed by atoms with E-state index < -0.39 is 14.7 Å². The molecular weight excluding hydrogens is 283 g/mol. The topological polar surface area (TPSA) is 93.6 Å². The van der Waals surface area contributed by atoms with Crippen LogP contribution in [0.5, 0.6) is 0 Å². The first-order valence-electron chi connectivity index (χ1n) is 6.60. The van der Waals surface area contributed by atoms with E-state index >= 15 is 0 Å². The minimum absolute atomic E-state index is 0.131. The summed E-state index contributed by atoms with van der Waals surface area (Å²) in [6.07, 6.45) is 2.41. The molecule has 0 amide bonds. The molecule has 7 nitrogen and oxygen atoms in total. The monoisotopic (exact) mass is 304 g/mol. The van der Waals surface area contributed by atoms with E-state index in [1.807, 2.05) is 13.8 Å². The van der Waals surface area contributed by atoms with Gasteiger partial charge in [-0.05, 0) is 19.8 Å². The predicted molar refractivity (Wildman–Crippen MR) is 77.0 cm³/mol. The van der Waals surface area contributed by atoms with Gasteiger partial charge in [-0.25, -0.2) is 4.79 Å². The molecule has 0 aliphatic carbocycles. The van der Waals surface area contributed by atoms with Crippen LogP contribution in [0.15, 0.2) is 15.8 Å². The van der Waals surface area contributed by atoms with Gasteiger partial charge in [0.25, 0.3) is 5.56 Å². The number of aryl methyl sites for hydroxylation is 1. The van der Waals surface area contributed by atoms with Gasteiger partial charge in [-0.3, -0.25) is 14.3 Å². The smallest absolute Gasteiger partial charge is 0.330 e. The summed E-state index contributed by atoms with van der Waals surface area (Å²) in [4.78, 5) is 33.7. The first-order valence-corrected chi connectivity index (χ1v) is 7.45. The summed E-state index contributed by atoms with van der Waals surface area (Å²) in [5.41, 5.74) is -0.383. The van der Waals surface area contributed by atoms with Crippen molar-refractivity contribution in [2.75, 3.05) is 6.61 Å². The fourth-order valence-corrected chi connectivity index (χ4v) is 2.20. The second-order valence-corrected chi connectivity index (χ2v) is 4.64. The Labute approximate surface area is 118 Å². The zero-order chi connectivity index (χ0) is 15.1. The zero-order valence-corrected chi connectivity index (χ0v) is 12.9. The third-order valence-electron chi connectivity index (χ3n) is 2.88. The lowest BCUT2D eigenvalue weighted by atomic mass is 10.2. The molecule has 114 valence electrons. The summed E-state index contributed by atoms with van der Waals surface area (Å²) in [6, 6.07) is 0. The van der Waals surface area contributed by atoms with E-state index in [4.69, 9.17) is 14.2 Å². The molecule has 0 bridgehead atoms. The lowest BCUT2D eigenvalue weighted by molar-refractivity contribution is -0.0190. The van der Waals surface area contributed by atoms with Crippen LogP contribution in [0.2, 0.25) is 0 Å². The number of H-pyrrole nitrogens is 1. The van der Waals surface area contributed by atoms with E-state index in [1.54, 1.807) is 6.92 Å². The number of hydrogen-bond donors (Lipinski definition) is 2. The number of ether oxygens (including phenoxy) is 1. The Morgan fingerprint density at radius 3 is 2.85 bits per heavy atom. The van der Waals surface area contributed by atoms with Crippen LogP contribution >= 0.6 is 9.03 Å². The summed E-state index contributed by atoms with van der Waals surface area (Å²) in [6.45, 7) is 5.94. The van der Waals surface area contributed by atoms with Gasteiger partial charge >= 0.3 is 5.69 Å². The molecule has 1 aromatic heterocycles. The minimum atomic E-state index is -0.559. The molecule has 1 aromatic rings. The maximum Gasteiger partial charge on any atom is 0.330 e. The van der Waals surface area contributed by atoms with Gasteiger partial charge in [0.15, 0.2) is 9.03 Å². The Bertz CT molecular complexity index is 527. The molecule has 1 aliphatic rings. The summed E-state index contributed by atoms with van der Waals surface area (Å²) < 4.78 is 11.9. The third kappa shape index (κ3) is 4.24. The minimum Gasteiger partial charge on any atom is -0.352 e. The molecule has 2 rings (SSSR count). The van der Waals surface area contributed by atoms with Gasteiger partial charge in [-0.1, -0.05) is 13.8 Å². The summed E-state index contributed by atoms with van der Waals surface area (Å²) in [5.74, 6) is 0. The van der Waals surface area contributed by atoms with Crippen molar-refractivity contribution in [3.8, 4) is 0 Å². The largest absolute Gasteiger partial charge is 0.352 e. The van der Waals surface area contributed by atoms with Gasteiger partial charge < -0.3 is 14.2 Å². The molecule has 3 atom stereocenters. The zero-order valence-electron chi connectivity index (χ0n) is 11.9. The van der Waals surface area contributed by atoms with Crippen molar-refractivity contribution in [1.29, 1.82) is 0 Å². The Morgan fingerprint density at radius 2 is 2.20 bits per heavy atom. The first-order chi connectivity index (χ1) is 9.61. The molecule has 8 heteroatoms. The number of rotatable bonds is 4. The first kappa shape index (κ1) is 17.0. The van der Waals surface area contributed by atoms with Crippen LogP contribution in [0.25, 0.3) is 0 Å². The number of nitrogens with one attached hydrogen (secondary N) is 1. The van der Waals surface area contributed by atoms with Crippen LogP contribution in [-0.2, 0) is 9.26 Å². The predicted octanol–water partition coefficient (Wildman–Crippen LogP) is 1.07. The standard InChI is InChI=1S/C10H15N2O5P.C2H6/c1-6-4-12(10(14)11-9(6)13)8-3-2-7(17-8)5-16-18-15;1-2/h4,7-8,15,18H,2-3,5H2,1H3,(H,11,13,14);1-2H3/t7?,8-;/m1./s1. The molecule has 2 N–H and O–H groups in total. The average molecular weight is 304 g/mol. The maximum absolute atomic E-state index is 11.7. The fraction of sp³-hybridized carbons (Fsp3) is 0.667. The Balaban J connectivity index is 0.000000956. The lowest BCUT2D eigenvalue weighted by Crippen LogP contribution is -2.33. The number of aromatic nitrogens is 2. The Hall–Kier alpha value is -1.01. The molecule has 1 saturated heterocycles. The van der Waals surface area contributed by atoms with Crippen molar-refractivity contribution in [2.45, 2.75) is 45.9 Å².